The van der Waals surface area contributed by atoms with Crippen molar-refractivity contribution >= 4 is 34.2 Å². The maximum Gasteiger partial charge on any atom is 0.354 e. The van der Waals surface area contributed by atoms with Gasteiger partial charge in [0, 0.05) is 9.26 Å². The van der Waals surface area contributed by atoms with Crippen LogP contribution in [0.1, 0.15) is 16.2 Å². The van der Waals surface area contributed by atoms with Crippen LogP contribution < -0.4 is 5.32 Å². The van der Waals surface area contributed by atoms with E-state index in [2.05, 4.69) is 32.9 Å². The van der Waals surface area contributed by atoms with Crippen molar-refractivity contribution < 1.29 is 9.90 Å². The van der Waals surface area contributed by atoms with Crippen molar-refractivity contribution in [2.45, 2.75) is 6.54 Å². The van der Waals surface area contributed by atoms with Crippen molar-refractivity contribution in [2.24, 2.45) is 0 Å². The SMILES string of the molecule is O=C(O)c1cccc(CNc2cccc(I)c2)n1. The Morgan fingerprint density at radius 3 is 2.78 bits per heavy atom. The van der Waals surface area contributed by atoms with Crippen LogP contribution in [0.4, 0.5) is 5.69 Å². The molecule has 92 valence electrons. The quantitative estimate of drug-likeness (QED) is 0.829. The minimum Gasteiger partial charge on any atom is -0.477 e. The first kappa shape index (κ1) is 12.8. The lowest BCUT2D eigenvalue weighted by Crippen LogP contribution is -2.06. The molecule has 18 heavy (non-hydrogen) atoms. The highest BCUT2D eigenvalue weighted by molar-refractivity contribution is 14.1. The Kier molecular flexibility index (Phi) is 4.14. The number of nitrogens with one attached hydrogen (secondary N) is 1. The highest BCUT2D eigenvalue weighted by Gasteiger charge is 2.04. The molecule has 4 nitrogen and oxygen atoms in total. The average Bonchev–Trinajstić information content (AvgIpc) is 2.37. The van der Waals surface area contributed by atoms with Gasteiger partial charge in [0.15, 0.2) is 0 Å². The monoisotopic (exact) mass is 354 g/mol. The van der Waals surface area contributed by atoms with Crippen LogP contribution >= 0.6 is 22.6 Å². The van der Waals surface area contributed by atoms with Crippen LogP contribution in [0.2, 0.25) is 0 Å². The third kappa shape index (κ3) is 3.43. The topological polar surface area (TPSA) is 62.2 Å². The smallest absolute Gasteiger partial charge is 0.354 e. The number of nitrogens with zero attached hydrogens (tertiary/aromatic N) is 1. The molecule has 2 aromatic rings. The first-order valence-electron chi connectivity index (χ1n) is 5.34. The summed E-state index contributed by atoms with van der Waals surface area (Å²) in [7, 11) is 0. The van der Waals surface area contributed by atoms with Crippen LogP contribution in [0.25, 0.3) is 0 Å². The molecule has 1 aromatic carbocycles. The highest BCUT2D eigenvalue weighted by Crippen LogP contribution is 2.13. The molecule has 0 radical (unpaired) electrons. The van der Waals surface area contributed by atoms with Crippen molar-refractivity contribution in [3.8, 4) is 0 Å². The van der Waals surface area contributed by atoms with Gasteiger partial charge in [-0.05, 0) is 52.9 Å². The molecule has 0 fully saturated rings. The van der Waals surface area contributed by atoms with Crippen LogP contribution in [0.15, 0.2) is 42.5 Å². The van der Waals surface area contributed by atoms with Gasteiger partial charge in [-0.1, -0.05) is 12.1 Å². The minimum absolute atomic E-state index is 0.0666. The van der Waals surface area contributed by atoms with Crippen molar-refractivity contribution in [2.75, 3.05) is 5.32 Å². The third-order valence-corrected chi connectivity index (χ3v) is 3.00. The van der Waals surface area contributed by atoms with Crippen molar-refractivity contribution in [3.05, 3.63) is 57.4 Å². The highest BCUT2D eigenvalue weighted by atomic mass is 127. The molecular formula is C13H11IN2O2. The van der Waals surface area contributed by atoms with E-state index in [1.54, 1.807) is 12.1 Å². The van der Waals surface area contributed by atoms with E-state index in [9.17, 15) is 4.79 Å². The lowest BCUT2D eigenvalue weighted by Gasteiger charge is -2.06. The molecule has 2 N–H and O–H groups in total. The van der Waals surface area contributed by atoms with E-state index in [0.717, 1.165) is 9.26 Å². The number of carboxylic acids is 1. The second kappa shape index (κ2) is 5.81. The zero-order chi connectivity index (χ0) is 13.0. The lowest BCUT2D eigenvalue weighted by atomic mass is 10.3. The molecule has 0 bridgehead atoms. The first-order valence-corrected chi connectivity index (χ1v) is 6.42. The zero-order valence-corrected chi connectivity index (χ0v) is 11.6. The fraction of sp³-hybridized carbons (Fsp3) is 0.0769. The van der Waals surface area contributed by atoms with Gasteiger partial charge in [0.25, 0.3) is 0 Å². The van der Waals surface area contributed by atoms with Gasteiger partial charge in [-0.25, -0.2) is 9.78 Å². The molecule has 0 aliphatic heterocycles. The second-order valence-electron chi connectivity index (χ2n) is 3.68. The second-order valence-corrected chi connectivity index (χ2v) is 4.93. The van der Waals surface area contributed by atoms with Crippen LogP contribution in [0.5, 0.6) is 0 Å². The summed E-state index contributed by atoms with van der Waals surface area (Å²) in [6.45, 7) is 0.501. The van der Waals surface area contributed by atoms with Crippen molar-refractivity contribution in [3.63, 3.8) is 0 Å². The molecule has 0 unspecified atom stereocenters. The van der Waals surface area contributed by atoms with Gasteiger partial charge in [0.05, 0.1) is 12.2 Å². The fourth-order valence-corrected chi connectivity index (χ4v) is 2.03. The van der Waals surface area contributed by atoms with Gasteiger partial charge in [-0.15, -0.1) is 0 Å². The Bertz CT molecular complexity index is 572. The number of carbonyl (C=O) groups is 1. The summed E-state index contributed by atoms with van der Waals surface area (Å²) in [5.41, 5.74) is 1.76. The Labute approximate surface area is 118 Å². The number of halogens is 1. The Morgan fingerprint density at radius 1 is 1.28 bits per heavy atom. The van der Waals surface area contributed by atoms with Crippen molar-refractivity contribution in [1.29, 1.82) is 0 Å². The molecule has 0 amide bonds. The van der Waals surface area contributed by atoms with Gasteiger partial charge >= 0.3 is 5.97 Å². The minimum atomic E-state index is -1.01. The van der Waals surface area contributed by atoms with E-state index in [4.69, 9.17) is 5.11 Å². The molecule has 1 aromatic heterocycles. The van der Waals surface area contributed by atoms with Gasteiger partial charge in [0.1, 0.15) is 5.69 Å². The number of hydrogen-bond acceptors (Lipinski definition) is 3. The summed E-state index contributed by atoms with van der Waals surface area (Å²) in [5, 5.41) is 12.1. The first-order chi connectivity index (χ1) is 8.65. The maximum absolute atomic E-state index is 10.8. The van der Waals surface area contributed by atoms with E-state index >= 15 is 0 Å². The molecule has 0 atom stereocenters. The summed E-state index contributed by atoms with van der Waals surface area (Å²) in [6, 6.07) is 12.9. The largest absolute Gasteiger partial charge is 0.477 e. The third-order valence-electron chi connectivity index (χ3n) is 2.32. The molecule has 2 rings (SSSR count). The van der Waals surface area contributed by atoms with E-state index < -0.39 is 5.97 Å². The van der Waals surface area contributed by atoms with E-state index in [-0.39, 0.29) is 5.69 Å². The van der Waals surface area contributed by atoms with Gasteiger partial charge in [0.2, 0.25) is 0 Å². The van der Waals surface area contributed by atoms with E-state index in [1.165, 1.54) is 6.07 Å². The molecule has 0 saturated heterocycles. The van der Waals surface area contributed by atoms with Crippen LogP contribution in [-0.2, 0) is 6.54 Å². The molecule has 0 spiro atoms. The lowest BCUT2D eigenvalue weighted by molar-refractivity contribution is 0.0690. The van der Waals surface area contributed by atoms with Crippen LogP contribution in [0, 0.1) is 3.57 Å². The number of pyridine rings is 1. The number of hydrogen-bond donors (Lipinski definition) is 2. The van der Waals surface area contributed by atoms with Gasteiger partial charge < -0.3 is 10.4 Å². The molecule has 5 heteroatoms. The number of rotatable bonds is 4. The normalized spacial score (nSPS) is 10.1. The van der Waals surface area contributed by atoms with Crippen LogP contribution in [-0.4, -0.2) is 16.1 Å². The standard InChI is InChI=1S/C13H11IN2O2/c14-9-3-1-4-10(7-9)15-8-11-5-2-6-12(16-11)13(17)18/h1-7,15H,8H2,(H,17,18). The molecule has 0 aliphatic rings. The Hall–Kier alpha value is -1.63. The molecular weight excluding hydrogens is 343 g/mol. The molecule has 1 heterocycles. The number of carboxylic acid groups (broad SMARTS) is 1. The predicted octanol–water partition coefficient (Wildman–Crippen LogP) is 3.00. The van der Waals surface area contributed by atoms with Gasteiger partial charge in [-0.3, -0.25) is 0 Å². The predicted molar refractivity (Wildman–Crippen MR) is 77.7 cm³/mol. The summed E-state index contributed by atoms with van der Waals surface area (Å²) >= 11 is 2.24. The van der Waals surface area contributed by atoms with Gasteiger partial charge in [-0.2, -0.15) is 0 Å². The zero-order valence-electron chi connectivity index (χ0n) is 9.43. The van der Waals surface area contributed by atoms with Crippen molar-refractivity contribution in [1.82, 2.24) is 4.98 Å². The van der Waals surface area contributed by atoms with Crippen LogP contribution in [0.3, 0.4) is 0 Å². The molecule has 0 aliphatic carbocycles. The fourth-order valence-electron chi connectivity index (χ4n) is 1.49. The van der Waals surface area contributed by atoms with E-state index in [0.29, 0.717) is 12.2 Å². The average molecular weight is 354 g/mol. The maximum atomic E-state index is 10.8. The Balaban J connectivity index is 2.06. The summed E-state index contributed by atoms with van der Waals surface area (Å²) in [4.78, 5) is 14.8. The number of aromatic nitrogens is 1. The number of benzene rings is 1. The summed E-state index contributed by atoms with van der Waals surface area (Å²) in [5.74, 6) is -1.01. The van der Waals surface area contributed by atoms with E-state index in [1.807, 2.05) is 24.3 Å². The number of anilines is 1. The number of aromatic carboxylic acids is 1. The Morgan fingerprint density at radius 2 is 2.06 bits per heavy atom. The summed E-state index contributed by atoms with van der Waals surface area (Å²) in [6.07, 6.45) is 0. The molecule has 0 saturated carbocycles. The summed E-state index contributed by atoms with van der Waals surface area (Å²) < 4.78 is 1.14.